The van der Waals surface area contributed by atoms with Gasteiger partial charge in [0.25, 0.3) is 0 Å². The Balaban J connectivity index is 1.48. The number of carboxylic acids is 1. The third-order valence-electron chi connectivity index (χ3n) is 6.87. The van der Waals surface area contributed by atoms with Crippen molar-refractivity contribution < 1.29 is 19.5 Å². The number of aliphatic imine (C=N–C) groups is 1. The number of amides is 2. The average Bonchev–Trinajstić information content (AvgIpc) is 3.16. The highest BCUT2D eigenvalue weighted by molar-refractivity contribution is 5.88. The van der Waals surface area contributed by atoms with Crippen LogP contribution in [0.5, 0.6) is 0 Å². The molecule has 1 fully saturated rings. The molecule has 2 atom stereocenters. The van der Waals surface area contributed by atoms with Crippen LogP contribution in [0.3, 0.4) is 0 Å². The Morgan fingerprint density at radius 1 is 1.24 bits per heavy atom. The number of benzene rings is 1. The number of para-hydroxylation sites is 1. The number of hydrogen-bond donors (Lipinski definition) is 2. The minimum Gasteiger partial charge on any atom is -0.476 e. The maximum atomic E-state index is 13.1. The summed E-state index contributed by atoms with van der Waals surface area (Å²) in [5, 5.41) is 17.1. The fraction of sp³-hybridized carbons (Fsp3) is 0.520. The van der Waals surface area contributed by atoms with Crippen molar-refractivity contribution in [3.63, 3.8) is 0 Å². The molecule has 0 spiro atoms. The maximum absolute atomic E-state index is 13.1. The van der Waals surface area contributed by atoms with Crippen molar-refractivity contribution >= 4 is 18.1 Å². The van der Waals surface area contributed by atoms with E-state index in [0.29, 0.717) is 31.5 Å². The van der Waals surface area contributed by atoms with Crippen LogP contribution in [-0.4, -0.2) is 57.0 Å². The van der Waals surface area contributed by atoms with Crippen LogP contribution in [-0.2, 0) is 17.8 Å². The molecule has 0 radical (unpaired) electrons. The molecule has 1 aliphatic carbocycles. The van der Waals surface area contributed by atoms with Crippen molar-refractivity contribution in [2.24, 2.45) is 15.8 Å². The molecule has 2 unspecified atom stereocenters. The van der Waals surface area contributed by atoms with Gasteiger partial charge in [0.2, 0.25) is 6.08 Å². The molecule has 2 amide bonds. The normalized spacial score (nSPS) is 23.5. The summed E-state index contributed by atoms with van der Waals surface area (Å²) in [5.74, 6) is -1.10. The number of urea groups is 1. The zero-order valence-corrected chi connectivity index (χ0v) is 19.9. The van der Waals surface area contributed by atoms with E-state index in [1.807, 2.05) is 30.3 Å². The van der Waals surface area contributed by atoms with Crippen LogP contribution in [0.4, 0.5) is 4.79 Å². The number of nitrogens with zero attached hydrogens (tertiary/aromatic N) is 4. The van der Waals surface area contributed by atoms with Gasteiger partial charge in [0.1, 0.15) is 0 Å². The molecule has 0 bridgehead atoms. The highest BCUT2D eigenvalue weighted by atomic mass is 16.4. The van der Waals surface area contributed by atoms with E-state index in [1.54, 1.807) is 15.7 Å². The molecule has 2 aromatic rings. The van der Waals surface area contributed by atoms with Gasteiger partial charge in [-0.3, -0.25) is 0 Å². The second-order valence-corrected chi connectivity index (χ2v) is 10.6. The number of rotatable bonds is 5. The number of aromatic carboxylic acids is 1. The van der Waals surface area contributed by atoms with E-state index >= 15 is 0 Å². The number of isocyanates is 1. The molecule has 9 nitrogen and oxygen atoms in total. The fourth-order valence-electron chi connectivity index (χ4n) is 5.83. The molecule has 2 N–H and O–H groups in total. The van der Waals surface area contributed by atoms with E-state index in [0.717, 1.165) is 24.2 Å². The van der Waals surface area contributed by atoms with Crippen molar-refractivity contribution in [3.05, 3.63) is 47.3 Å². The Kier molecular flexibility index (Phi) is 6.32. The second-order valence-electron chi connectivity index (χ2n) is 10.6. The van der Waals surface area contributed by atoms with E-state index in [2.05, 4.69) is 36.2 Å². The summed E-state index contributed by atoms with van der Waals surface area (Å²) in [6, 6.07) is 9.09. The van der Waals surface area contributed by atoms with Gasteiger partial charge in [-0.1, -0.05) is 39.0 Å². The summed E-state index contributed by atoms with van der Waals surface area (Å²) in [5.41, 5.74) is 1.97. The number of carbonyl (C=O) groups excluding carboxylic acids is 2. The molecule has 0 saturated heterocycles. The largest absolute Gasteiger partial charge is 0.476 e. The lowest BCUT2D eigenvalue weighted by molar-refractivity contribution is 0.0687. The van der Waals surface area contributed by atoms with Gasteiger partial charge in [-0.25, -0.2) is 24.1 Å². The molecule has 2 heterocycles. The van der Waals surface area contributed by atoms with Crippen LogP contribution in [0, 0.1) is 10.8 Å². The van der Waals surface area contributed by atoms with Crippen LogP contribution < -0.4 is 5.32 Å². The second kappa shape index (κ2) is 9.06. The van der Waals surface area contributed by atoms with Gasteiger partial charge in [0, 0.05) is 25.1 Å². The first-order valence-electron chi connectivity index (χ1n) is 11.6. The van der Waals surface area contributed by atoms with Gasteiger partial charge >= 0.3 is 12.0 Å². The summed E-state index contributed by atoms with van der Waals surface area (Å²) in [6.45, 7) is 7.54. The predicted molar refractivity (Wildman–Crippen MR) is 126 cm³/mol. The molecule has 1 aromatic heterocycles. The fourth-order valence-corrected chi connectivity index (χ4v) is 5.83. The number of fused-ring (bicyclic) bond motifs is 1. The first kappa shape index (κ1) is 23.7. The molecular formula is C25H31N5O4. The molecule has 180 valence electrons. The third-order valence-corrected chi connectivity index (χ3v) is 6.87. The number of carbonyl (C=O) groups is 2. The van der Waals surface area contributed by atoms with Gasteiger partial charge in [0.15, 0.2) is 5.69 Å². The minimum atomic E-state index is -1.10. The summed E-state index contributed by atoms with van der Waals surface area (Å²) in [4.78, 5) is 41.4. The molecule has 9 heteroatoms. The van der Waals surface area contributed by atoms with Crippen LogP contribution >= 0.6 is 0 Å². The van der Waals surface area contributed by atoms with E-state index in [-0.39, 0.29) is 35.1 Å². The minimum absolute atomic E-state index is 0.00514. The van der Waals surface area contributed by atoms with Crippen LogP contribution in [0.2, 0.25) is 0 Å². The molecule has 1 saturated carbocycles. The molecule has 2 aliphatic rings. The number of carboxylic acid groups (broad SMARTS) is 1. The first-order valence-corrected chi connectivity index (χ1v) is 11.6. The summed E-state index contributed by atoms with van der Waals surface area (Å²) in [6.07, 6.45) is 4.64. The van der Waals surface area contributed by atoms with Crippen molar-refractivity contribution in [1.29, 1.82) is 0 Å². The van der Waals surface area contributed by atoms with Gasteiger partial charge in [-0.05, 0) is 42.2 Å². The average molecular weight is 466 g/mol. The van der Waals surface area contributed by atoms with Crippen LogP contribution in [0.1, 0.15) is 61.8 Å². The first-order chi connectivity index (χ1) is 16.1. The van der Waals surface area contributed by atoms with Crippen LogP contribution in [0.25, 0.3) is 5.69 Å². The van der Waals surface area contributed by atoms with Gasteiger partial charge in [-0.15, -0.1) is 0 Å². The molecule has 4 rings (SSSR count). The summed E-state index contributed by atoms with van der Waals surface area (Å²) in [7, 11) is 0. The number of hydrogen-bond acceptors (Lipinski definition) is 5. The Labute approximate surface area is 198 Å². The highest BCUT2D eigenvalue weighted by Gasteiger charge is 2.42. The van der Waals surface area contributed by atoms with Crippen molar-refractivity contribution in [2.75, 3.05) is 13.1 Å². The van der Waals surface area contributed by atoms with E-state index in [1.165, 1.54) is 0 Å². The van der Waals surface area contributed by atoms with Crippen molar-refractivity contribution in [3.8, 4) is 5.69 Å². The highest BCUT2D eigenvalue weighted by Crippen LogP contribution is 2.46. The predicted octanol–water partition coefficient (Wildman–Crippen LogP) is 3.56. The Hall–Kier alpha value is -3.45. The molecule has 1 aliphatic heterocycles. The lowest BCUT2D eigenvalue weighted by Crippen LogP contribution is -2.49. The summed E-state index contributed by atoms with van der Waals surface area (Å²) >= 11 is 0. The SMILES string of the molecule is CC1(C)CC(N=C=O)CC(C)(CNC(=O)N2CCc3c(c(C(=O)O)nn3-c3ccccc3)C2)C1. The lowest BCUT2D eigenvalue weighted by atomic mass is 9.63. The molecule has 34 heavy (non-hydrogen) atoms. The zero-order valence-electron chi connectivity index (χ0n) is 19.9. The van der Waals surface area contributed by atoms with Crippen molar-refractivity contribution in [1.82, 2.24) is 20.0 Å². The van der Waals surface area contributed by atoms with Gasteiger partial charge < -0.3 is 15.3 Å². The number of aromatic nitrogens is 2. The smallest absolute Gasteiger partial charge is 0.356 e. The monoisotopic (exact) mass is 465 g/mol. The van der Waals surface area contributed by atoms with E-state index < -0.39 is 5.97 Å². The van der Waals surface area contributed by atoms with Gasteiger partial charge in [0.05, 0.1) is 24.0 Å². The lowest BCUT2D eigenvalue weighted by Gasteiger charge is -2.45. The Bertz CT molecular complexity index is 1140. The Morgan fingerprint density at radius 3 is 2.65 bits per heavy atom. The third kappa shape index (κ3) is 4.89. The molecule has 1 aromatic carbocycles. The zero-order chi connectivity index (χ0) is 24.5. The molecular weight excluding hydrogens is 434 g/mol. The quantitative estimate of drug-likeness (QED) is 0.517. The number of nitrogens with one attached hydrogen (secondary N) is 1. The van der Waals surface area contributed by atoms with Gasteiger partial charge in [-0.2, -0.15) is 5.10 Å². The standard InChI is InChI=1S/C25H31N5O4/c1-24(2)11-17(27-16-31)12-25(3,14-24)15-26-23(34)29-10-9-20-19(13-29)21(22(32)33)28-30(20)18-7-5-4-6-8-18/h4-8,17H,9-15H2,1-3H3,(H,26,34)(H,32,33). The maximum Gasteiger partial charge on any atom is 0.356 e. The van der Waals surface area contributed by atoms with E-state index in [9.17, 15) is 19.5 Å². The summed E-state index contributed by atoms with van der Waals surface area (Å²) < 4.78 is 1.67. The van der Waals surface area contributed by atoms with Crippen molar-refractivity contribution in [2.45, 2.75) is 59.0 Å². The Morgan fingerprint density at radius 2 is 1.97 bits per heavy atom. The van der Waals surface area contributed by atoms with E-state index in [4.69, 9.17) is 0 Å². The van der Waals surface area contributed by atoms with Crippen LogP contribution in [0.15, 0.2) is 35.3 Å². The topological polar surface area (TPSA) is 117 Å².